The molecule has 2 aromatic carbocycles. The molecule has 0 unspecified atom stereocenters. The van der Waals surface area contributed by atoms with Gasteiger partial charge in [-0.15, -0.1) is 0 Å². The van der Waals surface area contributed by atoms with Crippen LogP contribution in [-0.2, 0) is 0 Å². The molecule has 1 fully saturated rings. The van der Waals surface area contributed by atoms with Crippen molar-refractivity contribution < 1.29 is 9.53 Å². The fourth-order valence-corrected chi connectivity index (χ4v) is 2.89. The summed E-state index contributed by atoms with van der Waals surface area (Å²) in [6, 6.07) is 17.7. The number of piperazine rings is 1. The van der Waals surface area contributed by atoms with Crippen molar-refractivity contribution in [3.05, 3.63) is 72.3 Å². The molecule has 0 saturated carbocycles. The largest absolute Gasteiger partial charge is 0.489 e. The molecule has 2 aromatic rings. The van der Waals surface area contributed by atoms with Crippen LogP contribution >= 0.6 is 0 Å². The van der Waals surface area contributed by atoms with Crippen LogP contribution in [-0.4, -0.2) is 43.6 Å². The first-order chi connectivity index (χ1) is 12.1. The molecule has 0 aliphatic carbocycles. The Morgan fingerprint density at radius 3 is 2.24 bits per heavy atom. The van der Waals surface area contributed by atoms with E-state index in [4.69, 9.17) is 4.74 Å². The summed E-state index contributed by atoms with van der Waals surface area (Å²) in [6.07, 6.45) is 0. The summed E-state index contributed by atoms with van der Waals surface area (Å²) < 4.78 is 5.58. The van der Waals surface area contributed by atoms with Gasteiger partial charge in [0.05, 0.1) is 0 Å². The van der Waals surface area contributed by atoms with E-state index < -0.39 is 0 Å². The van der Waals surface area contributed by atoms with Crippen LogP contribution in [0.2, 0.25) is 0 Å². The Hall–Kier alpha value is -2.75. The van der Waals surface area contributed by atoms with E-state index in [1.54, 1.807) is 0 Å². The van der Waals surface area contributed by atoms with Crippen molar-refractivity contribution in [3.8, 4) is 5.75 Å². The smallest absolute Gasteiger partial charge is 0.253 e. The quantitative estimate of drug-likeness (QED) is 0.782. The molecule has 0 spiro atoms. The Bertz CT molecular complexity index is 717. The summed E-state index contributed by atoms with van der Waals surface area (Å²) in [5, 5.41) is 0. The Balaban J connectivity index is 1.56. The number of carbonyl (C=O) groups excluding carboxylic acids is 1. The predicted octanol–water partition coefficient (Wildman–Crippen LogP) is 3.60. The fraction of sp³-hybridized carbons (Fsp3) is 0.286. The number of amides is 1. The van der Waals surface area contributed by atoms with E-state index >= 15 is 0 Å². The second kappa shape index (κ2) is 7.88. The van der Waals surface area contributed by atoms with Crippen LogP contribution < -0.4 is 9.64 Å². The first-order valence-corrected chi connectivity index (χ1v) is 8.60. The molecule has 0 bridgehead atoms. The summed E-state index contributed by atoms with van der Waals surface area (Å²) in [5.74, 6) is 0.840. The number of rotatable bonds is 5. The first kappa shape index (κ1) is 17.1. The van der Waals surface area contributed by atoms with Gasteiger partial charge in [0, 0.05) is 37.4 Å². The van der Waals surface area contributed by atoms with E-state index in [9.17, 15) is 4.79 Å². The van der Waals surface area contributed by atoms with E-state index in [1.807, 2.05) is 54.3 Å². The number of para-hydroxylation sites is 1. The number of hydrogen-bond donors (Lipinski definition) is 0. The topological polar surface area (TPSA) is 32.8 Å². The highest BCUT2D eigenvalue weighted by Crippen LogP contribution is 2.18. The maximum absolute atomic E-state index is 12.7. The molecule has 0 aromatic heterocycles. The maximum Gasteiger partial charge on any atom is 0.253 e. The van der Waals surface area contributed by atoms with E-state index in [0.717, 1.165) is 37.5 Å². The van der Waals surface area contributed by atoms with Gasteiger partial charge < -0.3 is 14.5 Å². The Morgan fingerprint density at radius 1 is 1.00 bits per heavy atom. The lowest BCUT2D eigenvalue weighted by molar-refractivity contribution is 0.0747. The molecule has 4 heteroatoms. The van der Waals surface area contributed by atoms with Crippen molar-refractivity contribution in [1.82, 2.24) is 4.90 Å². The zero-order valence-electron chi connectivity index (χ0n) is 14.6. The fourth-order valence-electron chi connectivity index (χ4n) is 2.89. The van der Waals surface area contributed by atoms with Crippen molar-refractivity contribution >= 4 is 11.6 Å². The highest BCUT2D eigenvalue weighted by molar-refractivity contribution is 5.94. The minimum atomic E-state index is 0.0826. The van der Waals surface area contributed by atoms with Gasteiger partial charge in [0.2, 0.25) is 0 Å². The molecule has 1 aliphatic rings. The number of hydrogen-bond acceptors (Lipinski definition) is 3. The average Bonchev–Trinajstić information content (AvgIpc) is 2.67. The van der Waals surface area contributed by atoms with Crippen molar-refractivity contribution in [2.45, 2.75) is 6.92 Å². The minimum absolute atomic E-state index is 0.0826. The normalized spacial score (nSPS) is 14.3. The van der Waals surface area contributed by atoms with Gasteiger partial charge in [-0.25, -0.2) is 0 Å². The van der Waals surface area contributed by atoms with E-state index in [1.165, 1.54) is 5.69 Å². The minimum Gasteiger partial charge on any atom is -0.489 e. The van der Waals surface area contributed by atoms with Crippen LogP contribution in [0.15, 0.2) is 66.7 Å². The molecule has 1 amide bonds. The third kappa shape index (κ3) is 4.41. The van der Waals surface area contributed by atoms with Crippen molar-refractivity contribution in [3.63, 3.8) is 0 Å². The van der Waals surface area contributed by atoms with Crippen molar-refractivity contribution in [1.29, 1.82) is 0 Å². The second-order valence-corrected chi connectivity index (χ2v) is 6.38. The Kier molecular flexibility index (Phi) is 5.39. The number of benzene rings is 2. The van der Waals surface area contributed by atoms with Crippen LogP contribution in [0, 0.1) is 0 Å². The summed E-state index contributed by atoms with van der Waals surface area (Å²) in [5.41, 5.74) is 2.89. The van der Waals surface area contributed by atoms with Gasteiger partial charge in [0.25, 0.3) is 5.91 Å². The van der Waals surface area contributed by atoms with Crippen LogP contribution in [0.25, 0.3) is 0 Å². The molecule has 1 saturated heterocycles. The van der Waals surface area contributed by atoms with Crippen LogP contribution in [0.1, 0.15) is 17.3 Å². The van der Waals surface area contributed by atoms with Gasteiger partial charge in [-0.2, -0.15) is 0 Å². The lowest BCUT2D eigenvalue weighted by Gasteiger charge is -2.36. The summed E-state index contributed by atoms with van der Waals surface area (Å²) in [7, 11) is 0. The molecular weight excluding hydrogens is 312 g/mol. The molecule has 1 heterocycles. The zero-order valence-corrected chi connectivity index (χ0v) is 14.6. The van der Waals surface area contributed by atoms with Crippen molar-refractivity contribution in [2.75, 3.05) is 37.7 Å². The lowest BCUT2D eigenvalue weighted by atomic mass is 10.1. The predicted molar refractivity (Wildman–Crippen MR) is 101 cm³/mol. The summed E-state index contributed by atoms with van der Waals surface area (Å²) in [4.78, 5) is 16.9. The van der Waals surface area contributed by atoms with Gasteiger partial charge in [-0.3, -0.25) is 4.79 Å². The molecule has 3 rings (SSSR count). The van der Waals surface area contributed by atoms with E-state index in [0.29, 0.717) is 12.2 Å². The van der Waals surface area contributed by atoms with E-state index in [2.05, 4.69) is 23.6 Å². The van der Waals surface area contributed by atoms with Gasteiger partial charge in [0.1, 0.15) is 12.4 Å². The molecule has 1 aliphatic heterocycles. The molecule has 0 radical (unpaired) electrons. The van der Waals surface area contributed by atoms with Crippen LogP contribution in [0.4, 0.5) is 5.69 Å². The second-order valence-electron chi connectivity index (χ2n) is 6.38. The van der Waals surface area contributed by atoms with Gasteiger partial charge >= 0.3 is 0 Å². The monoisotopic (exact) mass is 336 g/mol. The third-order valence-electron chi connectivity index (χ3n) is 4.27. The molecule has 4 nitrogen and oxygen atoms in total. The molecule has 0 atom stereocenters. The molecule has 25 heavy (non-hydrogen) atoms. The number of nitrogens with zero attached hydrogens (tertiary/aromatic N) is 2. The Labute approximate surface area is 149 Å². The SMILES string of the molecule is C=C(C)COc1ccc(C(=O)N2CCN(c3ccccc3)CC2)cc1. The van der Waals surface area contributed by atoms with Crippen LogP contribution in [0.5, 0.6) is 5.75 Å². The maximum atomic E-state index is 12.7. The summed E-state index contributed by atoms with van der Waals surface area (Å²) >= 11 is 0. The molecule has 0 N–H and O–H groups in total. The lowest BCUT2D eigenvalue weighted by Crippen LogP contribution is -2.48. The standard InChI is InChI=1S/C21H24N2O2/c1-17(2)16-25-20-10-8-18(9-11-20)21(24)23-14-12-22(13-15-23)19-6-4-3-5-7-19/h3-11H,1,12-16H2,2H3. The van der Waals surface area contributed by atoms with E-state index in [-0.39, 0.29) is 5.91 Å². The molecular formula is C21H24N2O2. The highest BCUT2D eigenvalue weighted by Gasteiger charge is 2.22. The van der Waals surface area contributed by atoms with Gasteiger partial charge in [0.15, 0.2) is 0 Å². The third-order valence-corrected chi connectivity index (χ3v) is 4.27. The van der Waals surface area contributed by atoms with Crippen molar-refractivity contribution in [2.24, 2.45) is 0 Å². The number of ether oxygens (including phenoxy) is 1. The van der Waals surface area contributed by atoms with Gasteiger partial charge in [-0.1, -0.05) is 24.8 Å². The highest BCUT2D eigenvalue weighted by atomic mass is 16.5. The average molecular weight is 336 g/mol. The zero-order chi connectivity index (χ0) is 17.6. The summed E-state index contributed by atoms with van der Waals surface area (Å²) in [6.45, 7) is 9.42. The number of anilines is 1. The first-order valence-electron chi connectivity index (χ1n) is 8.60. The Morgan fingerprint density at radius 2 is 1.64 bits per heavy atom. The van der Waals surface area contributed by atoms with Gasteiger partial charge in [-0.05, 0) is 48.9 Å². The number of carbonyl (C=O) groups is 1. The molecule has 130 valence electrons. The van der Waals surface area contributed by atoms with Crippen LogP contribution in [0.3, 0.4) is 0 Å².